The maximum absolute atomic E-state index is 14.7. The van der Waals surface area contributed by atoms with Gasteiger partial charge in [-0.2, -0.15) is 0 Å². The highest BCUT2D eigenvalue weighted by Gasteiger charge is 2.24. The van der Waals surface area contributed by atoms with Gasteiger partial charge in [0.15, 0.2) is 23.2 Å². The Hall–Kier alpha value is -3.79. The van der Waals surface area contributed by atoms with Gasteiger partial charge in [0, 0.05) is 29.4 Å². The van der Waals surface area contributed by atoms with Crippen molar-refractivity contribution in [1.29, 1.82) is 0 Å². The number of ether oxygens (including phenoxy) is 1. The summed E-state index contributed by atoms with van der Waals surface area (Å²) in [5, 5.41) is 6.03. The van der Waals surface area contributed by atoms with E-state index in [4.69, 9.17) is 16.2 Å². The molecular weight excluding hydrogens is 442 g/mol. The molecule has 34 heavy (non-hydrogen) atoms. The van der Waals surface area contributed by atoms with Gasteiger partial charge in [0.05, 0.1) is 24.6 Å². The van der Waals surface area contributed by atoms with Crippen LogP contribution in [-0.2, 0) is 0 Å². The highest BCUT2D eigenvalue weighted by Crippen LogP contribution is 2.31. The molecule has 6 N–H and O–H groups in total. The predicted molar refractivity (Wildman–Crippen MR) is 126 cm³/mol. The molecule has 1 amide bonds. The van der Waals surface area contributed by atoms with Crippen LogP contribution in [0.1, 0.15) is 36.0 Å². The number of nitrogens with two attached hydrogens (primary N) is 2. The van der Waals surface area contributed by atoms with Crippen LogP contribution < -0.4 is 26.8 Å². The Bertz CT molecular complexity index is 1210. The van der Waals surface area contributed by atoms with Gasteiger partial charge in [-0.3, -0.25) is 9.78 Å². The molecule has 0 radical (unpaired) electrons. The van der Waals surface area contributed by atoms with E-state index in [-0.39, 0.29) is 40.6 Å². The van der Waals surface area contributed by atoms with Crippen LogP contribution in [0, 0.1) is 11.6 Å². The Morgan fingerprint density at radius 1 is 1.15 bits per heavy atom. The molecule has 1 aromatic carbocycles. The van der Waals surface area contributed by atoms with Crippen LogP contribution in [0.5, 0.6) is 5.75 Å². The number of amides is 1. The number of rotatable bonds is 7. The minimum Gasteiger partial charge on any atom is -0.494 e. The molecule has 3 aromatic rings. The van der Waals surface area contributed by atoms with E-state index in [2.05, 4.69) is 20.6 Å². The molecule has 4 rings (SSSR count). The fourth-order valence-corrected chi connectivity index (χ4v) is 4.07. The van der Waals surface area contributed by atoms with Crippen molar-refractivity contribution < 1.29 is 18.3 Å². The van der Waals surface area contributed by atoms with Crippen molar-refractivity contribution in [3.8, 4) is 16.9 Å². The van der Waals surface area contributed by atoms with Crippen LogP contribution in [0.15, 0.2) is 42.7 Å². The fraction of sp³-hybridized carbons (Fsp3) is 0.292. The summed E-state index contributed by atoms with van der Waals surface area (Å²) in [5.74, 6) is -1.97. The Kier molecular flexibility index (Phi) is 6.87. The third-order valence-electron chi connectivity index (χ3n) is 5.88. The molecule has 1 aliphatic carbocycles. The molecule has 10 heteroatoms. The van der Waals surface area contributed by atoms with Gasteiger partial charge in [-0.25, -0.2) is 13.8 Å². The van der Waals surface area contributed by atoms with Crippen molar-refractivity contribution in [2.75, 3.05) is 17.7 Å². The standard InChI is InChI=1S/C24H26F2N6O2/c1-34-20-8-4-5-15(21(20)26)13-9-14(12-29-11-13)30-23-16(22(28)33)10-17(25)24(32-23)31-19-7-3-2-6-18(19)27/h4-5,8-12,18-19H,2-3,6-7,27H2,1H3,(H2,28,33)(H2,30,31,32)/t18-,19+/m0/s1. The van der Waals surface area contributed by atoms with E-state index in [1.165, 1.54) is 25.6 Å². The van der Waals surface area contributed by atoms with E-state index in [0.29, 0.717) is 11.3 Å². The van der Waals surface area contributed by atoms with Crippen LogP contribution in [0.3, 0.4) is 0 Å². The zero-order valence-corrected chi connectivity index (χ0v) is 18.6. The lowest BCUT2D eigenvalue weighted by Gasteiger charge is -2.30. The molecule has 1 aliphatic rings. The molecule has 1 fully saturated rings. The van der Waals surface area contributed by atoms with Crippen molar-refractivity contribution in [3.05, 3.63) is 59.9 Å². The van der Waals surface area contributed by atoms with Crippen LogP contribution >= 0.6 is 0 Å². The average molecular weight is 469 g/mol. The number of anilines is 3. The topological polar surface area (TPSA) is 128 Å². The SMILES string of the molecule is COc1cccc(-c2cncc(Nc3nc(N[C@@H]4CCCC[C@@H]4N)c(F)cc3C(N)=O)c2)c1F. The molecule has 0 aliphatic heterocycles. The first-order valence-electron chi connectivity index (χ1n) is 10.9. The maximum Gasteiger partial charge on any atom is 0.252 e. The molecule has 8 nitrogen and oxygen atoms in total. The number of pyridine rings is 2. The summed E-state index contributed by atoms with van der Waals surface area (Å²) in [5.41, 5.74) is 12.7. The summed E-state index contributed by atoms with van der Waals surface area (Å²) in [7, 11) is 1.38. The molecule has 2 aromatic heterocycles. The van der Waals surface area contributed by atoms with Gasteiger partial charge in [-0.15, -0.1) is 0 Å². The summed E-state index contributed by atoms with van der Waals surface area (Å²) in [6.07, 6.45) is 6.61. The Morgan fingerprint density at radius 2 is 1.94 bits per heavy atom. The summed E-state index contributed by atoms with van der Waals surface area (Å²) in [6.45, 7) is 0. The number of halogens is 2. The van der Waals surface area contributed by atoms with Crippen LogP contribution in [0.2, 0.25) is 0 Å². The lowest BCUT2D eigenvalue weighted by molar-refractivity contribution is 0.100. The highest BCUT2D eigenvalue weighted by atomic mass is 19.1. The van der Waals surface area contributed by atoms with Gasteiger partial charge in [0.25, 0.3) is 5.91 Å². The number of hydrogen-bond donors (Lipinski definition) is 4. The first kappa shape index (κ1) is 23.4. The number of nitrogens with one attached hydrogen (secondary N) is 2. The van der Waals surface area contributed by atoms with E-state index in [1.807, 2.05) is 0 Å². The number of nitrogens with zero attached hydrogens (tertiary/aromatic N) is 2. The number of carbonyl (C=O) groups excluding carboxylic acids is 1. The van der Waals surface area contributed by atoms with Crippen molar-refractivity contribution >= 4 is 23.2 Å². The summed E-state index contributed by atoms with van der Waals surface area (Å²) in [6, 6.07) is 7.18. The molecule has 0 unspecified atom stereocenters. The van der Waals surface area contributed by atoms with Gasteiger partial charge in [-0.05, 0) is 31.0 Å². The second kappa shape index (κ2) is 10.0. The van der Waals surface area contributed by atoms with Crippen molar-refractivity contribution in [1.82, 2.24) is 9.97 Å². The largest absolute Gasteiger partial charge is 0.494 e. The number of hydrogen-bond acceptors (Lipinski definition) is 7. The highest BCUT2D eigenvalue weighted by molar-refractivity contribution is 5.98. The van der Waals surface area contributed by atoms with E-state index in [1.54, 1.807) is 18.2 Å². The normalized spacial score (nSPS) is 17.8. The lowest BCUT2D eigenvalue weighted by atomic mass is 9.91. The van der Waals surface area contributed by atoms with E-state index in [0.717, 1.165) is 31.7 Å². The first-order valence-corrected chi connectivity index (χ1v) is 10.9. The molecule has 178 valence electrons. The lowest BCUT2D eigenvalue weighted by Crippen LogP contribution is -2.43. The number of carbonyl (C=O) groups is 1. The third kappa shape index (κ3) is 4.91. The summed E-state index contributed by atoms with van der Waals surface area (Å²) >= 11 is 0. The maximum atomic E-state index is 14.7. The van der Waals surface area contributed by atoms with Crippen molar-refractivity contribution in [3.63, 3.8) is 0 Å². The van der Waals surface area contributed by atoms with E-state index < -0.39 is 17.5 Å². The second-order valence-electron chi connectivity index (χ2n) is 8.19. The Morgan fingerprint density at radius 3 is 2.68 bits per heavy atom. The van der Waals surface area contributed by atoms with Crippen LogP contribution in [-0.4, -0.2) is 35.1 Å². The molecule has 2 heterocycles. The number of methoxy groups -OCH3 is 1. The number of benzene rings is 1. The molecule has 2 atom stereocenters. The second-order valence-corrected chi connectivity index (χ2v) is 8.19. The molecule has 0 saturated heterocycles. The average Bonchev–Trinajstić information content (AvgIpc) is 2.82. The third-order valence-corrected chi connectivity index (χ3v) is 5.88. The van der Waals surface area contributed by atoms with Crippen molar-refractivity contribution in [2.45, 2.75) is 37.8 Å². The predicted octanol–water partition coefficient (Wildman–Crippen LogP) is 3.95. The van der Waals surface area contributed by atoms with Gasteiger partial charge in [0.2, 0.25) is 0 Å². The number of aromatic nitrogens is 2. The Labute approximate surface area is 195 Å². The van der Waals surface area contributed by atoms with Crippen LogP contribution in [0.25, 0.3) is 11.1 Å². The van der Waals surface area contributed by atoms with Gasteiger partial charge in [-0.1, -0.05) is 25.0 Å². The molecular formula is C24H26F2N6O2. The molecule has 0 bridgehead atoms. The van der Waals surface area contributed by atoms with E-state index in [9.17, 15) is 13.6 Å². The molecule has 0 spiro atoms. The number of primary amides is 1. The van der Waals surface area contributed by atoms with Crippen LogP contribution in [0.4, 0.5) is 26.1 Å². The minimum absolute atomic E-state index is 0.0298. The zero-order valence-electron chi connectivity index (χ0n) is 18.6. The van der Waals surface area contributed by atoms with Gasteiger partial charge in [0.1, 0.15) is 5.82 Å². The zero-order chi connectivity index (χ0) is 24.2. The Balaban J connectivity index is 1.67. The minimum atomic E-state index is -0.849. The van der Waals surface area contributed by atoms with E-state index >= 15 is 0 Å². The van der Waals surface area contributed by atoms with Gasteiger partial charge >= 0.3 is 0 Å². The summed E-state index contributed by atoms with van der Waals surface area (Å²) < 4.78 is 34.5. The van der Waals surface area contributed by atoms with Gasteiger partial charge < -0.3 is 26.8 Å². The monoisotopic (exact) mass is 468 g/mol. The summed E-state index contributed by atoms with van der Waals surface area (Å²) in [4.78, 5) is 20.4. The smallest absolute Gasteiger partial charge is 0.252 e. The fourth-order valence-electron chi connectivity index (χ4n) is 4.07. The first-order chi connectivity index (χ1) is 16.4. The van der Waals surface area contributed by atoms with Crippen molar-refractivity contribution in [2.24, 2.45) is 11.5 Å². The quantitative estimate of drug-likeness (QED) is 0.413. The molecule has 1 saturated carbocycles.